The van der Waals surface area contributed by atoms with Crippen LogP contribution in [-0.2, 0) is 15.6 Å². The Morgan fingerprint density at radius 1 is 1.29 bits per heavy atom. The lowest BCUT2D eigenvalue weighted by molar-refractivity contribution is 0.606. The lowest BCUT2D eigenvalue weighted by Crippen LogP contribution is -2.00. The maximum atomic E-state index is 11.1. The highest BCUT2D eigenvalue weighted by molar-refractivity contribution is 8.13. The van der Waals surface area contributed by atoms with E-state index in [-0.39, 0.29) is 5.03 Å². The van der Waals surface area contributed by atoms with Crippen LogP contribution in [0.4, 0.5) is 0 Å². The summed E-state index contributed by atoms with van der Waals surface area (Å²) in [6.45, 7) is 2.32. The highest BCUT2D eigenvalue weighted by Crippen LogP contribution is 2.15. The van der Waals surface area contributed by atoms with Crippen LogP contribution in [0, 0.1) is 6.92 Å². The molecule has 0 atom stereocenters. The second-order valence-electron chi connectivity index (χ2n) is 3.68. The Bertz CT molecular complexity index is 620. The van der Waals surface area contributed by atoms with Gasteiger partial charge in [0.2, 0.25) is 0 Å². The van der Waals surface area contributed by atoms with Crippen molar-refractivity contribution < 1.29 is 8.42 Å². The van der Waals surface area contributed by atoms with Gasteiger partial charge in [-0.05, 0) is 12.5 Å². The van der Waals surface area contributed by atoms with Gasteiger partial charge in [-0.3, -0.25) is 0 Å². The SMILES string of the molecule is Cc1nc(S(=O)(=O)Cl)cn1Cc1ccccc1. The molecule has 17 heavy (non-hydrogen) atoms. The maximum Gasteiger partial charge on any atom is 0.280 e. The monoisotopic (exact) mass is 270 g/mol. The average molecular weight is 271 g/mol. The van der Waals surface area contributed by atoms with E-state index in [4.69, 9.17) is 10.7 Å². The van der Waals surface area contributed by atoms with Crippen molar-refractivity contribution in [1.29, 1.82) is 0 Å². The number of aryl methyl sites for hydroxylation is 1. The smallest absolute Gasteiger partial charge is 0.280 e. The molecule has 2 aromatic rings. The van der Waals surface area contributed by atoms with Gasteiger partial charge in [0, 0.05) is 23.4 Å². The normalized spacial score (nSPS) is 11.6. The summed E-state index contributed by atoms with van der Waals surface area (Å²) in [5.41, 5.74) is 1.08. The van der Waals surface area contributed by atoms with E-state index in [0.717, 1.165) is 5.56 Å². The van der Waals surface area contributed by atoms with E-state index >= 15 is 0 Å². The van der Waals surface area contributed by atoms with Crippen LogP contribution in [0.5, 0.6) is 0 Å². The molecule has 90 valence electrons. The number of imidazole rings is 1. The second-order valence-corrected chi connectivity index (χ2v) is 6.19. The van der Waals surface area contributed by atoms with Gasteiger partial charge in [0.25, 0.3) is 9.05 Å². The highest BCUT2D eigenvalue weighted by atomic mass is 35.7. The van der Waals surface area contributed by atoms with Crippen molar-refractivity contribution in [2.45, 2.75) is 18.5 Å². The first-order valence-electron chi connectivity index (χ1n) is 4.99. The van der Waals surface area contributed by atoms with Gasteiger partial charge >= 0.3 is 0 Å². The quantitative estimate of drug-likeness (QED) is 0.803. The van der Waals surface area contributed by atoms with E-state index in [2.05, 4.69) is 4.98 Å². The molecular weight excluding hydrogens is 260 g/mol. The minimum Gasteiger partial charge on any atom is -0.329 e. The third-order valence-corrected chi connectivity index (χ3v) is 3.57. The summed E-state index contributed by atoms with van der Waals surface area (Å²) in [6, 6.07) is 9.73. The van der Waals surface area contributed by atoms with Crippen molar-refractivity contribution in [3.8, 4) is 0 Å². The minimum absolute atomic E-state index is 0.104. The molecule has 0 radical (unpaired) electrons. The predicted octanol–water partition coefficient (Wildman–Crippen LogP) is 2.17. The third-order valence-electron chi connectivity index (χ3n) is 2.40. The number of rotatable bonds is 3. The van der Waals surface area contributed by atoms with Crippen LogP contribution in [0.2, 0.25) is 0 Å². The third kappa shape index (κ3) is 2.87. The number of hydrogen-bond donors (Lipinski definition) is 0. The zero-order chi connectivity index (χ0) is 12.5. The van der Waals surface area contributed by atoms with E-state index in [1.54, 1.807) is 11.5 Å². The molecule has 0 unspecified atom stereocenters. The van der Waals surface area contributed by atoms with Crippen molar-refractivity contribution in [3.63, 3.8) is 0 Å². The van der Waals surface area contributed by atoms with Gasteiger partial charge in [-0.25, -0.2) is 13.4 Å². The molecule has 1 aromatic carbocycles. The Hall–Kier alpha value is -1.33. The number of nitrogens with zero attached hydrogens (tertiary/aromatic N) is 2. The Kier molecular flexibility index (Phi) is 3.22. The standard InChI is InChI=1S/C11H11ClN2O2S/c1-9-13-11(17(12,15)16)8-14(9)7-10-5-3-2-4-6-10/h2-6,8H,7H2,1H3. The van der Waals surface area contributed by atoms with Gasteiger partial charge in [0.1, 0.15) is 5.82 Å². The van der Waals surface area contributed by atoms with Crippen LogP contribution >= 0.6 is 10.7 Å². The van der Waals surface area contributed by atoms with Gasteiger partial charge in [0.15, 0.2) is 5.03 Å². The van der Waals surface area contributed by atoms with E-state index in [0.29, 0.717) is 12.4 Å². The molecule has 0 saturated heterocycles. The topological polar surface area (TPSA) is 52.0 Å². The first-order valence-corrected chi connectivity index (χ1v) is 7.30. The largest absolute Gasteiger partial charge is 0.329 e. The minimum atomic E-state index is -3.76. The van der Waals surface area contributed by atoms with Crippen LogP contribution in [0.15, 0.2) is 41.6 Å². The summed E-state index contributed by atoms with van der Waals surface area (Å²) in [6.07, 6.45) is 1.45. The van der Waals surface area contributed by atoms with E-state index in [9.17, 15) is 8.42 Å². The van der Waals surface area contributed by atoms with Gasteiger partial charge < -0.3 is 4.57 Å². The zero-order valence-electron chi connectivity index (χ0n) is 9.17. The summed E-state index contributed by atoms with van der Waals surface area (Å²) >= 11 is 0. The first kappa shape index (κ1) is 12.1. The van der Waals surface area contributed by atoms with Gasteiger partial charge in [-0.15, -0.1) is 0 Å². The molecule has 4 nitrogen and oxygen atoms in total. The Labute approximate surface area is 104 Å². The lowest BCUT2D eigenvalue weighted by Gasteiger charge is -2.03. The van der Waals surface area contributed by atoms with Crippen molar-refractivity contribution >= 4 is 19.7 Å². The zero-order valence-corrected chi connectivity index (χ0v) is 10.7. The molecule has 0 amide bonds. The number of hydrogen-bond acceptors (Lipinski definition) is 3. The molecule has 0 N–H and O–H groups in total. The molecule has 1 heterocycles. The molecule has 1 aromatic heterocycles. The molecule has 0 aliphatic heterocycles. The van der Waals surface area contributed by atoms with Crippen LogP contribution < -0.4 is 0 Å². The summed E-state index contributed by atoms with van der Waals surface area (Å²) in [4.78, 5) is 3.92. The molecular formula is C11H11ClN2O2S. The van der Waals surface area contributed by atoms with Gasteiger partial charge in [0.05, 0.1) is 0 Å². The molecule has 0 spiro atoms. The second kappa shape index (κ2) is 4.50. The molecule has 0 bridgehead atoms. The van der Waals surface area contributed by atoms with Gasteiger partial charge in [-0.2, -0.15) is 0 Å². The summed E-state index contributed by atoms with van der Waals surface area (Å²) < 4.78 is 24.0. The van der Waals surface area contributed by atoms with Gasteiger partial charge in [-0.1, -0.05) is 30.3 Å². The van der Waals surface area contributed by atoms with Crippen molar-refractivity contribution in [3.05, 3.63) is 47.9 Å². The lowest BCUT2D eigenvalue weighted by atomic mass is 10.2. The van der Waals surface area contributed by atoms with Crippen molar-refractivity contribution in [2.24, 2.45) is 0 Å². The fraction of sp³-hybridized carbons (Fsp3) is 0.182. The Morgan fingerprint density at radius 3 is 2.47 bits per heavy atom. The van der Waals surface area contributed by atoms with E-state index in [1.165, 1.54) is 6.20 Å². The Morgan fingerprint density at radius 2 is 1.94 bits per heavy atom. The van der Waals surface area contributed by atoms with Crippen molar-refractivity contribution in [1.82, 2.24) is 9.55 Å². The van der Waals surface area contributed by atoms with Crippen molar-refractivity contribution in [2.75, 3.05) is 0 Å². The number of halogens is 1. The molecule has 6 heteroatoms. The molecule has 0 saturated carbocycles. The molecule has 0 aliphatic rings. The van der Waals surface area contributed by atoms with Crippen LogP contribution in [-0.4, -0.2) is 18.0 Å². The average Bonchev–Trinajstić information content (AvgIpc) is 2.62. The highest BCUT2D eigenvalue weighted by Gasteiger charge is 2.15. The fourth-order valence-electron chi connectivity index (χ4n) is 1.54. The van der Waals surface area contributed by atoms with Crippen LogP contribution in [0.1, 0.15) is 11.4 Å². The Balaban J connectivity index is 2.32. The number of benzene rings is 1. The van der Waals surface area contributed by atoms with Crippen LogP contribution in [0.3, 0.4) is 0 Å². The molecule has 0 fully saturated rings. The number of aromatic nitrogens is 2. The van der Waals surface area contributed by atoms with E-state index in [1.807, 2.05) is 30.3 Å². The van der Waals surface area contributed by atoms with Crippen LogP contribution in [0.25, 0.3) is 0 Å². The molecule has 0 aliphatic carbocycles. The molecule has 2 rings (SSSR count). The maximum absolute atomic E-state index is 11.1. The fourth-order valence-corrected chi connectivity index (χ4v) is 2.25. The summed E-state index contributed by atoms with van der Waals surface area (Å²) in [7, 11) is 1.49. The predicted molar refractivity (Wildman–Crippen MR) is 65.5 cm³/mol. The first-order chi connectivity index (χ1) is 7.97. The summed E-state index contributed by atoms with van der Waals surface area (Å²) in [5, 5.41) is -0.104. The summed E-state index contributed by atoms with van der Waals surface area (Å²) in [5.74, 6) is 0.619. The van der Waals surface area contributed by atoms with E-state index < -0.39 is 9.05 Å².